The molecule has 0 aliphatic carbocycles. The Hall–Kier alpha value is -1.13. The van der Waals surface area contributed by atoms with E-state index in [0.29, 0.717) is 21.3 Å². The number of nitrogens with one attached hydrogen (secondary N) is 1. The number of nitrogens with two attached hydrogens (primary N) is 1. The van der Waals surface area contributed by atoms with Gasteiger partial charge in [-0.3, -0.25) is 4.79 Å². The molecule has 0 saturated carbocycles. The van der Waals surface area contributed by atoms with Crippen molar-refractivity contribution in [1.82, 2.24) is 0 Å². The van der Waals surface area contributed by atoms with Crippen molar-refractivity contribution in [2.45, 2.75) is 0 Å². The maximum absolute atomic E-state index is 12.1. The number of nitrogen functional groups attached to an aromatic ring is 1. The summed E-state index contributed by atoms with van der Waals surface area (Å²) in [5.41, 5.74) is 6.70. The SMILES string of the molecule is Nc1cc(C(=O)Nc2ccc(Cl)c(Cl)c2)cc(Cl)c1Cl. The number of hydrogen-bond acceptors (Lipinski definition) is 2. The summed E-state index contributed by atoms with van der Waals surface area (Å²) in [4.78, 5) is 12.1. The van der Waals surface area contributed by atoms with Gasteiger partial charge >= 0.3 is 0 Å². The van der Waals surface area contributed by atoms with Crippen molar-refractivity contribution < 1.29 is 4.79 Å². The summed E-state index contributed by atoms with van der Waals surface area (Å²) >= 11 is 23.4. The van der Waals surface area contributed by atoms with Gasteiger partial charge in [0.15, 0.2) is 0 Å². The van der Waals surface area contributed by atoms with Crippen LogP contribution >= 0.6 is 46.4 Å². The van der Waals surface area contributed by atoms with Crippen LogP contribution in [0.25, 0.3) is 0 Å². The van der Waals surface area contributed by atoms with Gasteiger partial charge in [0.25, 0.3) is 5.91 Å². The molecular weight excluding hydrogens is 342 g/mol. The lowest BCUT2D eigenvalue weighted by molar-refractivity contribution is 0.102. The number of hydrogen-bond donors (Lipinski definition) is 2. The van der Waals surface area contributed by atoms with Crippen LogP contribution in [-0.4, -0.2) is 5.91 Å². The molecule has 2 aromatic carbocycles. The summed E-state index contributed by atoms with van der Waals surface area (Å²) < 4.78 is 0. The molecule has 0 bridgehead atoms. The summed E-state index contributed by atoms with van der Waals surface area (Å²) in [5.74, 6) is -0.381. The van der Waals surface area contributed by atoms with E-state index in [9.17, 15) is 4.79 Å². The molecule has 20 heavy (non-hydrogen) atoms. The Morgan fingerprint density at radius 2 is 1.65 bits per heavy atom. The van der Waals surface area contributed by atoms with E-state index in [-0.39, 0.29) is 21.6 Å². The number of benzene rings is 2. The van der Waals surface area contributed by atoms with E-state index in [1.807, 2.05) is 0 Å². The Balaban J connectivity index is 2.26. The summed E-state index contributed by atoms with van der Waals surface area (Å²) in [7, 11) is 0. The third-order valence-corrected chi connectivity index (χ3v) is 4.05. The van der Waals surface area contributed by atoms with Gasteiger partial charge in [0.1, 0.15) is 0 Å². The molecule has 0 saturated heterocycles. The average molecular weight is 350 g/mol. The van der Waals surface area contributed by atoms with Crippen molar-refractivity contribution in [3.05, 3.63) is 56.0 Å². The van der Waals surface area contributed by atoms with Crippen molar-refractivity contribution in [3.8, 4) is 0 Å². The molecule has 7 heteroatoms. The second-order valence-corrected chi connectivity index (χ2v) is 5.54. The fourth-order valence-corrected chi connectivity index (χ4v) is 2.15. The van der Waals surface area contributed by atoms with Gasteiger partial charge in [-0.1, -0.05) is 46.4 Å². The zero-order chi connectivity index (χ0) is 14.9. The van der Waals surface area contributed by atoms with Crippen LogP contribution in [0.3, 0.4) is 0 Å². The summed E-state index contributed by atoms with van der Waals surface area (Å²) in [6.45, 7) is 0. The highest BCUT2D eigenvalue weighted by Crippen LogP contribution is 2.30. The van der Waals surface area contributed by atoms with Crippen molar-refractivity contribution in [2.24, 2.45) is 0 Å². The van der Waals surface area contributed by atoms with E-state index in [2.05, 4.69) is 5.32 Å². The normalized spacial score (nSPS) is 10.4. The minimum atomic E-state index is -0.381. The van der Waals surface area contributed by atoms with Crippen molar-refractivity contribution in [1.29, 1.82) is 0 Å². The Labute approximate surface area is 135 Å². The van der Waals surface area contributed by atoms with E-state index in [4.69, 9.17) is 52.1 Å². The number of carbonyl (C=O) groups is 1. The van der Waals surface area contributed by atoms with E-state index >= 15 is 0 Å². The molecule has 0 heterocycles. The number of amides is 1. The largest absolute Gasteiger partial charge is 0.397 e. The second-order valence-electron chi connectivity index (χ2n) is 3.94. The highest BCUT2D eigenvalue weighted by molar-refractivity contribution is 6.44. The third kappa shape index (κ3) is 3.30. The molecule has 0 atom stereocenters. The smallest absolute Gasteiger partial charge is 0.255 e. The van der Waals surface area contributed by atoms with Gasteiger partial charge in [-0.25, -0.2) is 0 Å². The maximum atomic E-state index is 12.1. The molecule has 0 aliphatic rings. The number of carbonyl (C=O) groups excluding carboxylic acids is 1. The standard InChI is InChI=1S/C13H8Cl4N2O/c14-8-2-1-7(5-9(8)15)19-13(20)6-3-10(16)12(17)11(18)4-6/h1-5H,18H2,(H,19,20). The zero-order valence-electron chi connectivity index (χ0n) is 9.88. The Kier molecular flexibility index (Phi) is 4.66. The van der Waals surface area contributed by atoms with Crippen LogP contribution in [0, 0.1) is 0 Å². The minimum absolute atomic E-state index is 0.214. The van der Waals surface area contributed by atoms with Crippen LogP contribution in [-0.2, 0) is 0 Å². The molecule has 2 rings (SSSR count). The van der Waals surface area contributed by atoms with Crippen LogP contribution in [0.15, 0.2) is 30.3 Å². The van der Waals surface area contributed by atoms with Crippen molar-refractivity contribution in [3.63, 3.8) is 0 Å². The van der Waals surface area contributed by atoms with E-state index in [1.165, 1.54) is 12.1 Å². The molecule has 0 aliphatic heterocycles. The lowest BCUT2D eigenvalue weighted by atomic mass is 10.2. The monoisotopic (exact) mass is 348 g/mol. The third-order valence-electron chi connectivity index (χ3n) is 2.50. The molecule has 2 aromatic rings. The first-order chi connectivity index (χ1) is 9.38. The average Bonchev–Trinajstić information content (AvgIpc) is 2.39. The number of rotatable bonds is 2. The van der Waals surface area contributed by atoms with Crippen LogP contribution in [0.1, 0.15) is 10.4 Å². The molecule has 3 N–H and O–H groups in total. The molecule has 0 spiro atoms. The lowest BCUT2D eigenvalue weighted by Crippen LogP contribution is -2.12. The summed E-state index contributed by atoms with van der Waals surface area (Å²) in [6, 6.07) is 7.65. The second kappa shape index (κ2) is 6.10. The maximum Gasteiger partial charge on any atom is 0.255 e. The number of anilines is 2. The van der Waals surface area contributed by atoms with Gasteiger partial charge in [0, 0.05) is 11.3 Å². The van der Waals surface area contributed by atoms with Gasteiger partial charge in [0.05, 0.1) is 25.8 Å². The van der Waals surface area contributed by atoms with Gasteiger partial charge in [-0.05, 0) is 30.3 Å². The Morgan fingerprint density at radius 1 is 0.950 bits per heavy atom. The lowest BCUT2D eigenvalue weighted by Gasteiger charge is -2.08. The fourth-order valence-electron chi connectivity index (χ4n) is 1.52. The zero-order valence-corrected chi connectivity index (χ0v) is 12.9. The van der Waals surface area contributed by atoms with Crippen LogP contribution < -0.4 is 11.1 Å². The molecular formula is C13H8Cl4N2O. The van der Waals surface area contributed by atoms with Gasteiger partial charge in [0.2, 0.25) is 0 Å². The van der Waals surface area contributed by atoms with Gasteiger partial charge < -0.3 is 11.1 Å². The summed E-state index contributed by atoms with van der Waals surface area (Å²) in [6.07, 6.45) is 0. The molecule has 3 nitrogen and oxygen atoms in total. The van der Waals surface area contributed by atoms with Crippen molar-refractivity contribution >= 4 is 63.7 Å². The minimum Gasteiger partial charge on any atom is -0.397 e. The molecule has 0 radical (unpaired) electrons. The molecule has 0 fully saturated rings. The molecule has 1 amide bonds. The van der Waals surface area contributed by atoms with Crippen LogP contribution in [0.2, 0.25) is 20.1 Å². The van der Waals surface area contributed by atoms with Gasteiger partial charge in [-0.15, -0.1) is 0 Å². The van der Waals surface area contributed by atoms with Crippen LogP contribution in [0.4, 0.5) is 11.4 Å². The summed E-state index contributed by atoms with van der Waals surface area (Å²) in [5, 5.41) is 3.85. The Morgan fingerprint density at radius 3 is 2.25 bits per heavy atom. The number of halogens is 4. The fraction of sp³-hybridized carbons (Fsp3) is 0. The topological polar surface area (TPSA) is 55.1 Å². The van der Waals surface area contributed by atoms with Gasteiger partial charge in [-0.2, -0.15) is 0 Å². The Bertz CT molecular complexity index is 665. The van der Waals surface area contributed by atoms with E-state index in [1.54, 1.807) is 18.2 Å². The predicted octanol–water partition coefficient (Wildman–Crippen LogP) is 5.13. The molecule has 0 unspecified atom stereocenters. The molecule has 0 aromatic heterocycles. The predicted molar refractivity (Wildman–Crippen MR) is 85.3 cm³/mol. The highest BCUT2D eigenvalue weighted by Gasteiger charge is 2.12. The first-order valence-electron chi connectivity index (χ1n) is 5.39. The quantitative estimate of drug-likeness (QED) is 0.738. The highest BCUT2D eigenvalue weighted by atomic mass is 35.5. The molecule has 104 valence electrons. The first kappa shape index (κ1) is 15.3. The van der Waals surface area contributed by atoms with E-state index in [0.717, 1.165) is 0 Å². The van der Waals surface area contributed by atoms with E-state index < -0.39 is 0 Å². The first-order valence-corrected chi connectivity index (χ1v) is 6.90. The van der Waals surface area contributed by atoms with Crippen molar-refractivity contribution in [2.75, 3.05) is 11.1 Å². The van der Waals surface area contributed by atoms with Crippen LogP contribution in [0.5, 0.6) is 0 Å².